The van der Waals surface area contributed by atoms with Crippen LogP contribution in [0.15, 0.2) is 23.2 Å². The molecule has 4 atom stereocenters. The molecule has 14 nitrogen and oxygen atoms in total. The van der Waals surface area contributed by atoms with E-state index in [1.165, 1.54) is 16.5 Å². The Bertz CT molecular complexity index is 1310. The van der Waals surface area contributed by atoms with Crippen molar-refractivity contribution in [3.63, 3.8) is 0 Å². The number of aliphatic hydroxyl groups is 2. The van der Waals surface area contributed by atoms with E-state index < -0.39 is 41.5 Å². The smallest absolute Gasteiger partial charge is 0.346 e. The lowest BCUT2D eigenvalue weighted by Crippen LogP contribution is -2.79. The van der Waals surface area contributed by atoms with Crippen LogP contribution < -0.4 is 27.4 Å². The first-order valence-electron chi connectivity index (χ1n) is 12.7. The van der Waals surface area contributed by atoms with Gasteiger partial charge in [-0.3, -0.25) is 25.5 Å². The highest BCUT2D eigenvalue weighted by atomic mass is 16.5. The van der Waals surface area contributed by atoms with Gasteiger partial charge in [0.25, 0.3) is 5.91 Å². The Morgan fingerprint density at radius 2 is 2.03 bits per heavy atom. The number of urea groups is 1. The molecule has 1 aliphatic carbocycles. The standard InChI is InChI=1S/C24H31N9O5/c1-31-11-17(34)32(22(31)36)9-15-18-23(30-20(25)29-18)24(37,38)16(10-33(23)21(26)27-15)28-19(35)14-8-4-6-12-5-2-3-7-13(12)14/h4,6,8,15-16,18,37-38H,2-3,5,7,9-11H2,1H3,(H6,25,26,27,28,29,30,35)/p+1/t15-,16?,18-,23-/m0/s1. The third-order valence-electron chi connectivity index (χ3n) is 8.42. The van der Waals surface area contributed by atoms with Crippen LogP contribution in [0.5, 0.6) is 0 Å². The van der Waals surface area contributed by atoms with Gasteiger partial charge in [0.1, 0.15) is 24.7 Å². The fourth-order valence-corrected chi connectivity index (χ4v) is 6.58. The fraction of sp³-hybridized carbons (Fsp3) is 0.542. The maximum atomic E-state index is 13.4. The minimum absolute atomic E-state index is 0.0580. The summed E-state index contributed by atoms with van der Waals surface area (Å²) in [5, 5.41) is 32.1. The highest BCUT2D eigenvalue weighted by molar-refractivity contribution is 6.02. The van der Waals surface area contributed by atoms with Gasteiger partial charge >= 0.3 is 12.0 Å². The second-order valence-corrected chi connectivity index (χ2v) is 10.6. The Kier molecular flexibility index (Phi) is 5.33. The normalized spacial score (nSPS) is 31.3. The van der Waals surface area contributed by atoms with Crippen molar-refractivity contribution in [2.75, 3.05) is 26.7 Å². The van der Waals surface area contributed by atoms with Gasteiger partial charge in [0.15, 0.2) is 5.96 Å². The molecule has 0 saturated carbocycles. The number of guanidine groups is 2. The number of carbonyl (C=O) groups is 3. The lowest BCUT2D eigenvalue weighted by Gasteiger charge is -2.44. The van der Waals surface area contributed by atoms with Gasteiger partial charge in [0, 0.05) is 12.6 Å². The molecule has 38 heavy (non-hydrogen) atoms. The zero-order chi connectivity index (χ0) is 27.0. The van der Waals surface area contributed by atoms with Crippen LogP contribution in [0.1, 0.15) is 34.3 Å². The monoisotopic (exact) mass is 526 g/mol. The Morgan fingerprint density at radius 1 is 1.26 bits per heavy atom. The first-order valence-corrected chi connectivity index (χ1v) is 12.7. The highest BCUT2D eigenvalue weighted by Gasteiger charge is 2.75. The first-order chi connectivity index (χ1) is 18.0. The topological polar surface area (TPSA) is 202 Å². The van der Waals surface area contributed by atoms with E-state index in [2.05, 4.69) is 20.9 Å². The molecule has 0 aromatic heterocycles. The first kappa shape index (κ1) is 24.4. The number of benzene rings is 1. The predicted molar refractivity (Wildman–Crippen MR) is 134 cm³/mol. The fourth-order valence-electron chi connectivity index (χ4n) is 6.58. The van der Waals surface area contributed by atoms with Crippen LogP contribution in [-0.4, -0.2) is 111 Å². The van der Waals surface area contributed by atoms with Crippen LogP contribution >= 0.6 is 0 Å². The van der Waals surface area contributed by atoms with E-state index in [1.54, 1.807) is 6.07 Å². The molecule has 14 heteroatoms. The third-order valence-corrected chi connectivity index (χ3v) is 8.42. The predicted octanol–water partition coefficient (Wildman–Crippen LogP) is -3.47. The second kappa shape index (κ2) is 8.30. The van der Waals surface area contributed by atoms with E-state index in [0.29, 0.717) is 5.56 Å². The summed E-state index contributed by atoms with van der Waals surface area (Å²) in [5.74, 6) is -3.39. The molecule has 4 amide bonds. The molecule has 1 unspecified atom stereocenters. The van der Waals surface area contributed by atoms with Crippen LogP contribution in [0.2, 0.25) is 0 Å². The van der Waals surface area contributed by atoms with Crippen molar-refractivity contribution >= 4 is 29.8 Å². The number of aliphatic imine (C=N–C) groups is 1. The van der Waals surface area contributed by atoms with Gasteiger partial charge < -0.3 is 31.5 Å². The Hall–Kier alpha value is -3.91. The van der Waals surface area contributed by atoms with Crippen molar-refractivity contribution in [2.45, 2.75) is 55.3 Å². The molecule has 4 aliphatic heterocycles. The average Bonchev–Trinajstić information content (AvgIpc) is 3.44. The number of hydrogen-bond acceptors (Lipinski definition) is 10. The second-order valence-electron chi connectivity index (χ2n) is 10.6. The average molecular weight is 527 g/mol. The number of nitrogens with two attached hydrogens (primary N) is 2. The minimum Gasteiger partial charge on any atom is -0.370 e. The molecule has 1 aromatic carbocycles. The Morgan fingerprint density at radius 3 is 2.76 bits per heavy atom. The van der Waals surface area contributed by atoms with Crippen LogP contribution in [0.25, 0.3) is 0 Å². The molecule has 2 saturated heterocycles. The lowest BCUT2D eigenvalue weighted by atomic mass is 9.84. The van der Waals surface area contributed by atoms with Crippen molar-refractivity contribution in [1.29, 1.82) is 0 Å². The van der Waals surface area contributed by atoms with Gasteiger partial charge in [-0.1, -0.05) is 12.1 Å². The van der Waals surface area contributed by atoms with Crippen molar-refractivity contribution in [3.8, 4) is 0 Å². The van der Waals surface area contributed by atoms with E-state index in [1.807, 2.05) is 12.1 Å². The highest BCUT2D eigenvalue weighted by Crippen LogP contribution is 2.41. The molecule has 1 aromatic rings. The van der Waals surface area contributed by atoms with Crippen LogP contribution in [-0.2, 0) is 17.6 Å². The molecule has 5 aliphatic rings. The number of amides is 4. The van der Waals surface area contributed by atoms with Crippen LogP contribution in [0, 0.1) is 0 Å². The molecular formula is C24H32N9O5+. The molecule has 2 fully saturated rings. The van der Waals surface area contributed by atoms with Gasteiger partial charge in [-0.25, -0.2) is 14.4 Å². The van der Waals surface area contributed by atoms with E-state index in [4.69, 9.17) is 11.5 Å². The molecule has 4 heterocycles. The van der Waals surface area contributed by atoms with Gasteiger partial charge in [-0.2, -0.15) is 0 Å². The van der Waals surface area contributed by atoms with E-state index >= 15 is 0 Å². The number of nitrogens with zero attached hydrogens (tertiary/aromatic N) is 4. The maximum Gasteiger partial charge on any atom is 0.346 e. The maximum absolute atomic E-state index is 13.4. The lowest BCUT2D eigenvalue weighted by molar-refractivity contribution is -0.623. The van der Waals surface area contributed by atoms with Gasteiger partial charge in [0.05, 0.1) is 13.1 Å². The molecule has 202 valence electrons. The number of aryl methyl sites for hydroxylation is 1. The SMILES string of the molecule is CN1CC(=O)N(C[C@@H]2NC(N)=[N+]3CC(NC(=O)c4cccc5c4CCCC5)C(O)(O)[C@@]34NC(N)=N[C@@H]24)C1=O. The van der Waals surface area contributed by atoms with E-state index in [0.717, 1.165) is 41.7 Å². The number of hydrogen-bond donors (Lipinski definition) is 7. The van der Waals surface area contributed by atoms with Crippen LogP contribution in [0.3, 0.4) is 0 Å². The van der Waals surface area contributed by atoms with Gasteiger partial charge in [-0.05, 0) is 42.9 Å². The molecule has 0 bridgehead atoms. The zero-order valence-corrected chi connectivity index (χ0v) is 21.0. The number of imide groups is 1. The zero-order valence-electron chi connectivity index (χ0n) is 21.0. The van der Waals surface area contributed by atoms with Crippen molar-refractivity contribution < 1.29 is 29.2 Å². The third kappa shape index (κ3) is 3.29. The van der Waals surface area contributed by atoms with Crippen molar-refractivity contribution in [3.05, 3.63) is 34.9 Å². The largest absolute Gasteiger partial charge is 0.370 e. The summed E-state index contributed by atoms with van der Waals surface area (Å²) in [7, 11) is 1.52. The molecule has 6 rings (SSSR count). The van der Waals surface area contributed by atoms with Gasteiger partial charge in [0.2, 0.25) is 17.4 Å². The number of likely N-dealkylation sites (N-methyl/N-ethyl adjacent to an activating group) is 1. The number of nitrogens with one attached hydrogen (secondary N) is 3. The summed E-state index contributed by atoms with van der Waals surface area (Å²) >= 11 is 0. The quantitative estimate of drug-likeness (QED) is 0.118. The molecular weight excluding hydrogens is 494 g/mol. The summed E-state index contributed by atoms with van der Waals surface area (Å²) in [6.07, 6.45) is 3.74. The number of rotatable bonds is 4. The summed E-state index contributed by atoms with van der Waals surface area (Å²) in [5.41, 5.74) is 13.3. The minimum atomic E-state index is -2.59. The van der Waals surface area contributed by atoms with E-state index in [-0.39, 0.29) is 37.5 Å². The Balaban J connectivity index is 1.31. The van der Waals surface area contributed by atoms with Gasteiger partial charge in [-0.15, -0.1) is 0 Å². The van der Waals surface area contributed by atoms with E-state index in [9.17, 15) is 24.6 Å². The molecule has 1 spiro atoms. The number of fused-ring (bicyclic) bond motifs is 1. The molecule has 9 N–H and O–H groups in total. The summed E-state index contributed by atoms with van der Waals surface area (Å²) in [4.78, 5) is 45.2. The van der Waals surface area contributed by atoms with Crippen LogP contribution in [0.4, 0.5) is 4.79 Å². The Labute approximate surface area is 218 Å². The number of carbonyl (C=O) groups excluding carboxylic acids is 3. The summed E-state index contributed by atoms with van der Waals surface area (Å²) in [6.45, 7) is -0.238. The molecule has 0 radical (unpaired) electrons. The van der Waals surface area contributed by atoms with Crippen molar-refractivity contribution in [1.82, 2.24) is 25.8 Å². The summed E-state index contributed by atoms with van der Waals surface area (Å²) < 4.78 is 1.49. The summed E-state index contributed by atoms with van der Waals surface area (Å²) in [6, 6.07) is 2.19. The van der Waals surface area contributed by atoms with Crippen molar-refractivity contribution in [2.24, 2.45) is 16.5 Å².